The Balaban J connectivity index is 1.44. The smallest absolute Gasteiger partial charge is 0.292 e. The summed E-state index contributed by atoms with van der Waals surface area (Å²) in [7, 11) is 0. The van der Waals surface area contributed by atoms with Crippen LogP contribution in [0.15, 0.2) is 48.5 Å². The van der Waals surface area contributed by atoms with Gasteiger partial charge in [0, 0.05) is 25.1 Å². The second kappa shape index (κ2) is 9.73. The van der Waals surface area contributed by atoms with Gasteiger partial charge in [-0.15, -0.1) is 0 Å². The molecule has 1 aliphatic rings. The van der Waals surface area contributed by atoms with Gasteiger partial charge in [-0.2, -0.15) is 0 Å². The number of piperidine rings is 1. The molecule has 1 aliphatic heterocycles. The van der Waals surface area contributed by atoms with E-state index in [1.54, 1.807) is 24.3 Å². The van der Waals surface area contributed by atoms with E-state index >= 15 is 0 Å². The summed E-state index contributed by atoms with van der Waals surface area (Å²) in [5, 5.41) is 11.2. The quantitative estimate of drug-likeness (QED) is 0.556. The van der Waals surface area contributed by atoms with Crippen molar-refractivity contribution in [3.8, 4) is 5.75 Å². The van der Waals surface area contributed by atoms with Gasteiger partial charge in [0.2, 0.25) is 5.91 Å². The average molecular weight is 412 g/mol. The Morgan fingerprint density at radius 3 is 2.47 bits per heavy atom. The van der Waals surface area contributed by atoms with Crippen molar-refractivity contribution in [2.75, 3.05) is 24.6 Å². The van der Waals surface area contributed by atoms with Crippen molar-refractivity contribution in [3.63, 3.8) is 0 Å². The van der Waals surface area contributed by atoms with Gasteiger partial charge in [0.1, 0.15) is 11.4 Å². The molecule has 0 unspecified atom stereocenters. The summed E-state index contributed by atoms with van der Waals surface area (Å²) in [5.74, 6) is -0.395. The molecule has 1 saturated heterocycles. The number of carbonyl (C=O) groups is 2. The fourth-order valence-electron chi connectivity index (χ4n) is 3.40. The standard InChI is InChI=1S/C21H24N4O5/c1-15-6-2-5-9-19(15)30-14-20(26)22-23-21(27)16-10-12-24(13-11-16)17-7-3-4-8-18(17)25(28)29/h2-9,16H,10-14H2,1H3,(H,22,26)(H,23,27). The molecule has 0 atom stereocenters. The lowest BCUT2D eigenvalue weighted by Crippen LogP contribution is -2.48. The lowest BCUT2D eigenvalue weighted by Gasteiger charge is -2.32. The minimum atomic E-state index is -0.455. The maximum absolute atomic E-state index is 12.4. The van der Waals surface area contributed by atoms with Gasteiger partial charge in [-0.1, -0.05) is 30.3 Å². The van der Waals surface area contributed by atoms with Crippen LogP contribution < -0.4 is 20.5 Å². The molecular weight excluding hydrogens is 388 g/mol. The zero-order valence-electron chi connectivity index (χ0n) is 16.7. The third kappa shape index (κ3) is 5.25. The number of amides is 2. The summed E-state index contributed by atoms with van der Waals surface area (Å²) in [6.45, 7) is 2.72. The highest BCUT2D eigenvalue weighted by molar-refractivity contribution is 5.84. The van der Waals surface area contributed by atoms with Crippen LogP contribution in [-0.4, -0.2) is 36.4 Å². The van der Waals surface area contributed by atoms with E-state index < -0.39 is 10.8 Å². The van der Waals surface area contributed by atoms with E-state index in [-0.39, 0.29) is 24.1 Å². The molecule has 1 fully saturated rings. The highest BCUT2D eigenvalue weighted by Gasteiger charge is 2.28. The van der Waals surface area contributed by atoms with Gasteiger partial charge >= 0.3 is 0 Å². The summed E-state index contributed by atoms with van der Waals surface area (Å²) in [5.41, 5.74) is 6.34. The van der Waals surface area contributed by atoms with Crippen molar-refractivity contribution in [2.45, 2.75) is 19.8 Å². The van der Waals surface area contributed by atoms with E-state index in [4.69, 9.17) is 4.74 Å². The molecule has 3 rings (SSSR count). The predicted molar refractivity (Wildman–Crippen MR) is 111 cm³/mol. The zero-order chi connectivity index (χ0) is 21.5. The number of ether oxygens (including phenoxy) is 1. The van der Waals surface area contributed by atoms with Crippen LogP contribution in [0.25, 0.3) is 0 Å². The third-order valence-electron chi connectivity index (χ3n) is 5.06. The average Bonchev–Trinajstić information content (AvgIpc) is 2.77. The molecule has 9 heteroatoms. The molecule has 1 heterocycles. The van der Waals surface area contributed by atoms with Crippen LogP contribution in [0.1, 0.15) is 18.4 Å². The highest BCUT2D eigenvalue weighted by Crippen LogP contribution is 2.31. The fraction of sp³-hybridized carbons (Fsp3) is 0.333. The number of para-hydroxylation sites is 3. The number of aryl methyl sites for hydroxylation is 1. The van der Waals surface area contributed by atoms with E-state index in [0.717, 1.165) is 5.56 Å². The van der Waals surface area contributed by atoms with Crippen LogP contribution in [0.2, 0.25) is 0 Å². The summed E-state index contributed by atoms with van der Waals surface area (Å²) in [4.78, 5) is 37.0. The number of benzene rings is 2. The van der Waals surface area contributed by atoms with E-state index in [0.29, 0.717) is 37.4 Å². The number of nitro groups is 1. The normalized spacial score (nSPS) is 14.1. The molecule has 158 valence electrons. The van der Waals surface area contributed by atoms with Gasteiger partial charge in [-0.05, 0) is 37.5 Å². The number of hydrogen-bond donors (Lipinski definition) is 2. The summed E-state index contributed by atoms with van der Waals surface area (Å²) in [6, 6.07) is 13.9. The molecule has 2 N–H and O–H groups in total. The molecule has 0 bridgehead atoms. The molecule has 0 saturated carbocycles. The number of carbonyl (C=O) groups excluding carboxylic acids is 2. The van der Waals surface area contributed by atoms with Crippen LogP contribution >= 0.6 is 0 Å². The predicted octanol–water partition coefficient (Wildman–Crippen LogP) is 2.35. The first kappa shape index (κ1) is 21.1. The maximum Gasteiger partial charge on any atom is 0.292 e. The molecule has 2 aromatic rings. The molecule has 0 aliphatic carbocycles. The van der Waals surface area contributed by atoms with Crippen molar-refractivity contribution >= 4 is 23.2 Å². The number of hydrazine groups is 1. The largest absolute Gasteiger partial charge is 0.483 e. The first-order valence-electron chi connectivity index (χ1n) is 9.71. The van der Waals surface area contributed by atoms with Crippen molar-refractivity contribution in [2.24, 2.45) is 5.92 Å². The van der Waals surface area contributed by atoms with Crippen LogP contribution in [-0.2, 0) is 9.59 Å². The van der Waals surface area contributed by atoms with Gasteiger partial charge in [-0.25, -0.2) is 0 Å². The fourth-order valence-corrected chi connectivity index (χ4v) is 3.40. The Kier molecular flexibility index (Phi) is 6.84. The van der Waals surface area contributed by atoms with Gasteiger partial charge in [0.25, 0.3) is 11.6 Å². The second-order valence-electron chi connectivity index (χ2n) is 7.10. The first-order valence-corrected chi connectivity index (χ1v) is 9.71. The number of rotatable bonds is 6. The summed E-state index contributed by atoms with van der Waals surface area (Å²) < 4.78 is 5.44. The van der Waals surface area contributed by atoms with Gasteiger partial charge in [0.05, 0.1) is 4.92 Å². The number of nitrogens with zero attached hydrogens (tertiary/aromatic N) is 2. The number of anilines is 1. The van der Waals surface area contributed by atoms with Crippen LogP contribution in [0.3, 0.4) is 0 Å². The second-order valence-corrected chi connectivity index (χ2v) is 7.10. The third-order valence-corrected chi connectivity index (χ3v) is 5.06. The van der Waals surface area contributed by atoms with Gasteiger partial charge in [-0.3, -0.25) is 30.6 Å². The first-order chi connectivity index (χ1) is 14.5. The Hall–Kier alpha value is -3.62. The highest BCUT2D eigenvalue weighted by atomic mass is 16.6. The summed E-state index contributed by atoms with van der Waals surface area (Å²) in [6.07, 6.45) is 1.07. The van der Waals surface area contributed by atoms with Crippen molar-refractivity contribution in [1.29, 1.82) is 0 Å². The van der Waals surface area contributed by atoms with Crippen molar-refractivity contribution < 1.29 is 19.2 Å². The molecule has 2 aromatic carbocycles. The Labute approximate surface area is 174 Å². The van der Waals surface area contributed by atoms with E-state index in [1.807, 2.05) is 30.0 Å². The SMILES string of the molecule is Cc1ccccc1OCC(=O)NNC(=O)C1CCN(c2ccccc2[N+](=O)[O-])CC1. The Morgan fingerprint density at radius 1 is 1.10 bits per heavy atom. The minimum absolute atomic E-state index is 0.0568. The molecular formula is C21H24N4O5. The van der Waals surface area contributed by atoms with Crippen molar-refractivity contribution in [1.82, 2.24) is 10.9 Å². The number of hydrogen-bond acceptors (Lipinski definition) is 6. The lowest BCUT2D eigenvalue weighted by atomic mass is 9.95. The van der Waals surface area contributed by atoms with Gasteiger partial charge < -0.3 is 9.64 Å². The monoisotopic (exact) mass is 412 g/mol. The van der Waals surface area contributed by atoms with Crippen molar-refractivity contribution in [3.05, 3.63) is 64.2 Å². The van der Waals surface area contributed by atoms with E-state index in [9.17, 15) is 19.7 Å². The molecule has 0 radical (unpaired) electrons. The molecule has 0 aromatic heterocycles. The van der Waals surface area contributed by atoms with Crippen LogP contribution in [0.5, 0.6) is 5.75 Å². The summed E-state index contributed by atoms with van der Waals surface area (Å²) >= 11 is 0. The van der Waals surface area contributed by atoms with Gasteiger partial charge in [0.15, 0.2) is 6.61 Å². The molecule has 9 nitrogen and oxygen atoms in total. The molecule has 0 spiro atoms. The molecule has 2 amide bonds. The van der Waals surface area contributed by atoms with E-state index in [1.165, 1.54) is 6.07 Å². The minimum Gasteiger partial charge on any atom is -0.483 e. The van der Waals surface area contributed by atoms with E-state index in [2.05, 4.69) is 10.9 Å². The maximum atomic E-state index is 12.4. The molecule has 30 heavy (non-hydrogen) atoms. The lowest BCUT2D eigenvalue weighted by molar-refractivity contribution is -0.384. The number of nitrogens with one attached hydrogen (secondary N) is 2. The van der Waals surface area contributed by atoms with Crippen LogP contribution in [0, 0.1) is 23.0 Å². The Morgan fingerprint density at radius 2 is 1.77 bits per heavy atom. The Bertz CT molecular complexity index is 925. The zero-order valence-corrected chi connectivity index (χ0v) is 16.7. The van der Waals surface area contributed by atoms with Crippen LogP contribution in [0.4, 0.5) is 11.4 Å². The topological polar surface area (TPSA) is 114 Å². The number of nitro benzene ring substituents is 1.